The van der Waals surface area contributed by atoms with Gasteiger partial charge < -0.3 is 24.2 Å². The first kappa shape index (κ1) is 30.5. The maximum absolute atomic E-state index is 12.8. The average Bonchev–Trinajstić information content (AvgIpc) is 2.96. The van der Waals surface area contributed by atoms with Gasteiger partial charge in [-0.05, 0) is 79.7 Å². The first-order valence-electron chi connectivity index (χ1n) is 13.9. The van der Waals surface area contributed by atoms with Gasteiger partial charge in [-0.25, -0.2) is 0 Å². The Morgan fingerprint density at radius 1 is 0.902 bits per heavy atom. The standard InChI is InChI=1S/C32H39F3N2O4/c1-5-20-40-26-10-6-23(7-11-26)22-37-18-16-25(17-19-37)31(38,24-8-12-27(13-9-24)41-32(33,34)35)29-15-14-28(39-4)21-30(29)36(2)3/h6-15,21,25,38H,5,16-20,22H2,1-4H3/t31-/m0/s1. The van der Waals surface area contributed by atoms with Gasteiger partial charge in [0.2, 0.25) is 0 Å². The molecule has 0 bridgehead atoms. The Kier molecular flexibility index (Phi) is 9.71. The Hall–Kier alpha value is -3.43. The number of rotatable bonds is 11. The largest absolute Gasteiger partial charge is 0.573 e. The lowest BCUT2D eigenvalue weighted by Gasteiger charge is -2.43. The molecule has 1 N–H and O–H groups in total. The highest BCUT2D eigenvalue weighted by molar-refractivity contribution is 5.61. The molecular weight excluding hydrogens is 533 g/mol. The number of methoxy groups -OCH3 is 1. The molecule has 0 aliphatic carbocycles. The van der Waals surface area contributed by atoms with Crippen LogP contribution in [-0.4, -0.2) is 57.3 Å². The van der Waals surface area contributed by atoms with E-state index in [1.165, 1.54) is 29.8 Å². The van der Waals surface area contributed by atoms with Gasteiger partial charge in [0.05, 0.1) is 13.7 Å². The first-order chi connectivity index (χ1) is 19.5. The Bertz CT molecular complexity index is 1260. The highest BCUT2D eigenvalue weighted by Crippen LogP contribution is 2.46. The fourth-order valence-electron chi connectivity index (χ4n) is 5.53. The van der Waals surface area contributed by atoms with Gasteiger partial charge in [0.1, 0.15) is 22.8 Å². The number of halogens is 3. The van der Waals surface area contributed by atoms with Crippen LogP contribution in [0.2, 0.25) is 0 Å². The third-order valence-corrected chi connectivity index (χ3v) is 7.61. The Morgan fingerprint density at radius 2 is 1.51 bits per heavy atom. The van der Waals surface area contributed by atoms with Crippen molar-refractivity contribution in [3.63, 3.8) is 0 Å². The molecule has 0 spiro atoms. The summed E-state index contributed by atoms with van der Waals surface area (Å²) in [7, 11) is 5.36. The lowest BCUT2D eigenvalue weighted by atomic mass is 9.71. The molecule has 4 rings (SSSR count). The molecule has 0 unspecified atom stereocenters. The molecule has 1 saturated heterocycles. The molecule has 41 heavy (non-hydrogen) atoms. The van der Waals surface area contributed by atoms with Crippen LogP contribution in [0.1, 0.15) is 42.9 Å². The van der Waals surface area contributed by atoms with Crippen LogP contribution in [0, 0.1) is 5.92 Å². The molecule has 1 heterocycles. The minimum Gasteiger partial charge on any atom is -0.497 e. The van der Waals surface area contributed by atoms with Gasteiger partial charge in [-0.3, -0.25) is 4.90 Å². The minimum atomic E-state index is -4.79. The summed E-state index contributed by atoms with van der Waals surface area (Å²) in [5, 5.41) is 12.6. The molecule has 1 aliphatic heterocycles. The zero-order chi connectivity index (χ0) is 29.6. The highest BCUT2D eigenvalue weighted by atomic mass is 19.4. The summed E-state index contributed by atoms with van der Waals surface area (Å²) >= 11 is 0. The van der Waals surface area contributed by atoms with Crippen LogP contribution in [0.5, 0.6) is 17.2 Å². The number of hydrogen-bond acceptors (Lipinski definition) is 6. The highest BCUT2D eigenvalue weighted by Gasteiger charge is 2.43. The lowest BCUT2D eigenvalue weighted by molar-refractivity contribution is -0.274. The zero-order valence-corrected chi connectivity index (χ0v) is 24.1. The maximum Gasteiger partial charge on any atom is 0.573 e. The van der Waals surface area contributed by atoms with Crippen LogP contribution in [0.15, 0.2) is 66.7 Å². The fraction of sp³-hybridized carbons (Fsp3) is 0.438. The van der Waals surface area contributed by atoms with Crippen molar-refractivity contribution in [2.24, 2.45) is 5.92 Å². The summed E-state index contributed by atoms with van der Waals surface area (Å²) in [5.41, 5.74) is 1.70. The Morgan fingerprint density at radius 3 is 2.07 bits per heavy atom. The van der Waals surface area contributed by atoms with E-state index in [1.54, 1.807) is 13.2 Å². The van der Waals surface area contributed by atoms with E-state index in [-0.39, 0.29) is 11.7 Å². The molecule has 1 atom stereocenters. The summed E-state index contributed by atoms with van der Waals surface area (Å²) in [6.07, 6.45) is -2.43. The van der Waals surface area contributed by atoms with Crippen LogP contribution >= 0.6 is 0 Å². The number of nitrogens with zero attached hydrogens (tertiary/aromatic N) is 2. The van der Waals surface area contributed by atoms with E-state index in [0.717, 1.165) is 37.5 Å². The fourth-order valence-corrected chi connectivity index (χ4v) is 5.53. The molecule has 6 nitrogen and oxygen atoms in total. The van der Waals surface area contributed by atoms with Crippen molar-refractivity contribution < 1.29 is 32.5 Å². The Labute approximate surface area is 240 Å². The van der Waals surface area contributed by atoms with Crippen molar-refractivity contribution >= 4 is 5.69 Å². The topological polar surface area (TPSA) is 54.4 Å². The number of benzene rings is 3. The molecule has 0 saturated carbocycles. The summed E-state index contributed by atoms with van der Waals surface area (Å²) in [5.74, 6) is 1.01. The quantitative estimate of drug-likeness (QED) is 0.280. The number of likely N-dealkylation sites (tertiary alicyclic amines) is 1. The van der Waals surface area contributed by atoms with Crippen LogP contribution in [0.4, 0.5) is 18.9 Å². The molecule has 0 amide bonds. The zero-order valence-electron chi connectivity index (χ0n) is 24.1. The molecule has 1 aliphatic rings. The molecular formula is C32H39F3N2O4. The second-order valence-corrected chi connectivity index (χ2v) is 10.7. The summed E-state index contributed by atoms with van der Waals surface area (Å²) in [4.78, 5) is 4.27. The summed E-state index contributed by atoms with van der Waals surface area (Å²) in [6, 6.07) is 19.2. The number of ether oxygens (including phenoxy) is 3. The van der Waals surface area contributed by atoms with Crippen LogP contribution in [0.25, 0.3) is 0 Å². The van der Waals surface area contributed by atoms with Crippen molar-refractivity contribution in [3.8, 4) is 17.2 Å². The third-order valence-electron chi connectivity index (χ3n) is 7.61. The van der Waals surface area contributed by atoms with E-state index >= 15 is 0 Å². The smallest absolute Gasteiger partial charge is 0.497 e. The molecule has 0 aromatic heterocycles. The average molecular weight is 573 g/mol. The van der Waals surface area contributed by atoms with E-state index in [9.17, 15) is 18.3 Å². The molecule has 3 aromatic carbocycles. The monoisotopic (exact) mass is 572 g/mol. The second-order valence-electron chi connectivity index (χ2n) is 10.7. The van der Waals surface area contributed by atoms with Crippen LogP contribution in [0.3, 0.4) is 0 Å². The predicted molar refractivity (Wildman–Crippen MR) is 154 cm³/mol. The van der Waals surface area contributed by atoms with Gasteiger partial charge in [-0.15, -0.1) is 13.2 Å². The van der Waals surface area contributed by atoms with E-state index in [1.807, 2.05) is 43.3 Å². The summed E-state index contributed by atoms with van der Waals surface area (Å²) in [6.45, 7) is 5.09. The number of hydrogen-bond donors (Lipinski definition) is 1. The number of alkyl halides is 3. The van der Waals surface area contributed by atoms with Crippen molar-refractivity contribution in [2.45, 2.75) is 44.7 Å². The van der Waals surface area contributed by atoms with Gasteiger partial charge in [0, 0.05) is 38.0 Å². The lowest BCUT2D eigenvalue weighted by Crippen LogP contribution is -2.44. The SMILES string of the molecule is CCCOc1ccc(CN2CCC([C@@](O)(c3ccc(OC(F)(F)F)cc3)c3ccc(OC)cc3N(C)C)CC2)cc1. The normalized spacial score (nSPS) is 16.2. The van der Waals surface area contributed by atoms with Crippen LogP contribution < -0.4 is 19.1 Å². The van der Waals surface area contributed by atoms with E-state index in [2.05, 4.69) is 28.7 Å². The summed E-state index contributed by atoms with van der Waals surface area (Å²) < 4.78 is 53.6. The second kappa shape index (κ2) is 13.0. The van der Waals surface area contributed by atoms with E-state index in [4.69, 9.17) is 9.47 Å². The van der Waals surface area contributed by atoms with Crippen molar-refractivity contribution in [2.75, 3.05) is 45.8 Å². The van der Waals surface area contributed by atoms with Gasteiger partial charge in [-0.2, -0.15) is 0 Å². The van der Waals surface area contributed by atoms with Crippen molar-refractivity contribution in [3.05, 3.63) is 83.4 Å². The maximum atomic E-state index is 12.8. The van der Waals surface area contributed by atoms with Crippen molar-refractivity contribution in [1.82, 2.24) is 4.90 Å². The third kappa shape index (κ3) is 7.45. The number of piperidine rings is 1. The van der Waals surface area contributed by atoms with Crippen LogP contribution in [-0.2, 0) is 12.1 Å². The molecule has 9 heteroatoms. The molecule has 222 valence electrons. The Balaban J connectivity index is 1.59. The molecule has 1 fully saturated rings. The van der Waals surface area contributed by atoms with Gasteiger partial charge in [0.25, 0.3) is 0 Å². The van der Waals surface area contributed by atoms with Gasteiger partial charge in [-0.1, -0.05) is 37.3 Å². The predicted octanol–water partition coefficient (Wildman–Crippen LogP) is 6.60. The number of aliphatic hydroxyl groups is 1. The minimum absolute atomic E-state index is 0.176. The van der Waals surface area contributed by atoms with E-state index in [0.29, 0.717) is 36.3 Å². The molecule has 0 radical (unpaired) electrons. The number of anilines is 1. The first-order valence-corrected chi connectivity index (χ1v) is 13.9. The van der Waals surface area contributed by atoms with Crippen molar-refractivity contribution in [1.29, 1.82) is 0 Å². The van der Waals surface area contributed by atoms with Gasteiger partial charge >= 0.3 is 6.36 Å². The van der Waals surface area contributed by atoms with Gasteiger partial charge in [0.15, 0.2) is 0 Å². The molecule has 3 aromatic rings. The van der Waals surface area contributed by atoms with E-state index < -0.39 is 12.0 Å².